The largest absolute Gasteiger partial charge is 0.411 e. The third kappa shape index (κ3) is 3.32. The van der Waals surface area contributed by atoms with E-state index in [4.69, 9.17) is 4.43 Å². The highest BCUT2D eigenvalue weighted by Crippen LogP contribution is 2.38. The van der Waals surface area contributed by atoms with Crippen molar-refractivity contribution >= 4 is 8.32 Å². The van der Waals surface area contributed by atoms with Gasteiger partial charge >= 0.3 is 0 Å². The molecule has 0 saturated carbocycles. The topological polar surface area (TPSA) is 9.23 Å². The van der Waals surface area contributed by atoms with Crippen molar-refractivity contribution in [3.8, 4) is 0 Å². The molecule has 86 valence electrons. The first-order valence-electron chi connectivity index (χ1n) is 5.76. The molecular weight excluding hydrogens is 200 g/mol. The third-order valence-corrected chi connectivity index (χ3v) is 8.05. The van der Waals surface area contributed by atoms with Gasteiger partial charge in [0.1, 0.15) is 0 Å². The second-order valence-corrected chi connectivity index (χ2v) is 10.7. The first-order valence-corrected chi connectivity index (χ1v) is 8.67. The van der Waals surface area contributed by atoms with E-state index in [0.717, 1.165) is 12.8 Å². The van der Waals surface area contributed by atoms with Gasteiger partial charge in [-0.05, 0) is 31.0 Å². The molecule has 0 saturated heterocycles. The molecule has 0 aliphatic heterocycles. The molecule has 2 heteroatoms. The van der Waals surface area contributed by atoms with Crippen molar-refractivity contribution in [1.29, 1.82) is 0 Å². The van der Waals surface area contributed by atoms with E-state index in [1.165, 1.54) is 5.57 Å². The molecule has 0 fully saturated rings. The Kier molecular flexibility index (Phi) is 3.62. The Balaban J connectivity index is 2.63. The highest BCUT2D eigenvalue weighted by atomic mass is 28.4. The van der Waals surface area contributed by atoms with Crippen LogP contribution in [-0.4, -0.2) is 14.4 Å². The van der Waals surface area contributed by atoms with Gasteiger partial charge in [-0.2, -0.15) is 0 Å². The zero-order chi connectivity index (χ0) is 11.7. The molecule has 1 aliphatic carbocycles. The van der Waals surface area contributed by atoms with E-state index >= 15 is 0 Å². The van der Waals surface area contributed by atoms with Gasteiger partial charge < -0.3 is 4.43 Å². The van der Waals surface area contributed by atoms with Crippen LogP contribution in [0.1, 0.15) is 33.6 Å². The van der Waals surface area contributed by atoms with E-state index in [0.29, 0.717) is 11.1 Å². The molecule has 1 nitrogen and oxygen atoms in total. The molecule has 1 rings (SSSR count). The molecule has 0 heterocycles. The second-order valence-electron chi connectivity index (χ2n) is 5.97. The summed E-state index contributed by atoms with van der Waals surface area (Å²) in [6.45, 7) is 15.4. The lowest BCUT2D eigenvalue weighted by molar-refractivity contribution is 0.212. The summed E-state index contributed by atoms with van der Waals surface area (Å²) >= 11 is 0. The highest BCUT2D eigenvalue weighted by molar-refractivity contribution is 6.74. The summed E-state index contributed by atoms with van der Waals surface area (Å²) in [7, 11) is -1.60. The maximum Gasteiger partial charge on any atom is 0.192 e. The van der Waals surface area contributed by atoms with Crippen LogP contribution in [0.5, 0.6) is 0 Å². The predicted molar refractivity (Wildman–Crippen MR) is 69.6 cm³/mol. The van der Waals surface area contributed by atoms with E-state index in [2.05, 4.69) is 52.6 Å². The van der Waals surface area contributed by atoms with Crippen molar-refractivity contribution in [1.82, 2.24) is 0 Å². The van der Waals surface area contributed by atoms with Gasteiger partial charge in [0.05, 0.1) is 6.10 Å². The van der Waals surface area contributed by atoms with Crippen LogP contribution in [0.3, 0.4) is 0 Å². The van der Waals surface area contributed by atoms with Gasteiger partial charge in [0.15, 0.2) is 8.32 Å². The zero-order valence-corrected chi connectivity index (χ0v) is 11.8. The summed E-state index contributed by atoms with van der Waals surface area (Å²) in [6.07, 6.45) is 6.78. The minimum absolute atomic E-state index is 0.301. The van der Waals surface area contributed by atoms with Gasteiger partial charge in [0, 0.05) is 0 Å². The summed E-state index contributed by atoms with van der Waals surface area (Å²) in [5.41, 5.74) is 1.23. The fourth-order valence-electron chi connectivity index (χ4n) is 1.40. The Morgan fingerprint density at radius 1 is 1.40 bits per heavy atom. The Morgan fingerprint density at radius 3 is 2.40 bits per heavy atom. The van der Waals surface area contributed by atoms with Crippen molar-refractivity contribution < 1.29 is 4.43 Å². The first-order chi connectivity index (χ1) is 6.72. The smallest absolute Gasteiger partial charge is 0.192 e. The summed E-state index contributed by atoms with van der Waals surface area (Å²) in [5, 5.41) is 0.301. The Bertz CT molecular complexity index is 271. The molecule has 0 spiro atoms. The molecular formula is C13H24OSi. The summed E-state index contributed by atoms with van der Waals surface area (Å²) in [6, 6.07) is 0. The fraction of sp³-hybridized carbons (Fsp3) is 0.692. The highest BCUT2D eigenvalue weighted by Gasteiger charge is 2.38. The van der Waals surface area contributed by atoms with Gasteiger partial charge in [0.2, 0.25) is 0 Å². The summed E-state index contributed by atoms with van der Waals surface area (Å²) in [4.78, 5) is 0. The van der Waals surface area contributed by atoms with Crippen molar-refractivity contribution in [2.75, 3.05) is 0 Å². The monoisotopic (exact) mass is 224 g/mol. The lowest BCUT2D eigenvalue weighted by Gasteiger charge is -2.39. The van der Waals surface area contributed by atoms with Gasteiger partial charge in [-0.15, -0.1) is 0 Å². The molecule has 15 heavy (non-hydrogen) atoms. The standard InChI is InChI=1S/C13H24OSi/c1-11-7-9-12(10-8-11)14-15(5,6)13(2,3)4/h7,9,12H,1,8,10H2,2-6H3/t12-/m0/s1. The van der Waals surface area contributed by atoms with E-state index in [1.54, 1.807) is 0 Å². The Labute approximate surface area is 95.4 Å². The van der Waals surface area contributed by atoms with Gasteiger partial charge in [-0.3, -0.25) is 0 Å². The van der Waals surface area contributed by atoms with Crippen molar-refractivity contribution in [3.63, 3.8) is 0 Å². The Morgan fingerprint density at radius 2 is 2.00 bits per heavy atom. The van der Waals surface area contributed by atoms with Gasteiger partial charge in [-0.25, -0.2) is 0 Å². The molecule has 0 aromatic heterocycles. The summed E-state index contributed by atoms with van der Waals surface area (Å²) < 4.78 is 6.30. The van der Waals surface area contributed by atoms with E-state index in [9.17, 15) is 0 Å². The molecule has 0 amide bonds. The molecule has 0 N–H and O–H groups in total. The average Bonchev–Trinajstić information content (AvgIpc) is 2.06. The average molecular weight is 224 g/mol. The molecule has 1 atom stereocenters. The lowest BCUT2D eigenvalue weighted by Crippen LogP contribution is -2.43. The molecule has 0 radical (unpaired) electrons. The van der Waals surface area contributed by atoms with Crippen LogP contribution < -0.4 is 0 Å². The van der Waals surface area contributed by atoms with E-state index in [1.807, 2.05) is 0 Å². The van der Waals surface area contributed by atoms with Crippen LogP contribution in [0, 0.1) is 0 Å². The van der Waals surface area contributed by atoms with Crippen molar-refractivity contribution in [2.45, 2.75) is 57.8 Å². The SMILES string of the molecule is C=C1C=C[C@H](O[Si](C)(C)C(C)(C)C)CC1. The molecule has 0 bridgehead atoms. The van der Waals surface area contributed by atoms with Crippen LogP contribution in [0.2, 0.25) is 18.1 Å². The quantitative estimate of drug-likeness (QED) is 0.636. The molecule has 0 aromatic rings. The van der Waals surface area contributed by atoms with Crippen LogP contribution >= 0.6 is 0 Å². The first kappa shape index (κ1) is 12.7. The number of hydrogen-bond acceptors (Lipinski definition) is 1. The number of allylic oxidation sites excluding steroid dienone is 2. The fourth-order valence-corrected chi connectivity index (χ4v) is 2.71. The van der Waals surface area contributed by atoms with Crippen LogP contribution in [0.4, 0.5) is 0 Å². The maximum atomic E-state index is 6.30. The van der Waals surface area contributed by atoms with E-state index in [-0.39, 0.29) is 0 Å². The molecule has 0 unspecified atom stereocenters. The zero-order valence-electron chi connectivity index (χ0n) is 10.8. The predicted octanol–water partition coefficient (Wildman–Crippen LogP) is 4.28. The van der Waals surface area contributed by atoms with Gasteiger partial charge in [-0.1, -0.05) is 45.1 Å². The van der Waals surface area contributed by atoms with E-state index < -0.39 is 8.32 Å². The van der Waals surface area contributed by atoms with Gasteiger partial charge in [0.25, 0.3) is 0 Å². The van der Waals surface area contributed by atoms with Crippen molar-refractivity contribution in [3.05, 3.63) is 24.3 Å². The third-order valence-electron chi connectivity index (χ3n) is 3.55. The minimum atomic E-state index is -1.60. The normalized spacial score (nSPS) is 23.3. The number of rotatable bonds is 2. The molecule has 0 aromatic carbocycles. The minimum Gasteiger partial charge on any atom is -0.411 e. The summed E-state index contributed by atoms with van der Waals surface area (Å²) in [5.74, 6) is 0. The van der Waals surface area contributed by atoms with Crippen LogP contribution in [0.25, 0.3) is 0 Å². The van der Waals surface area contributed by atoms with Crippen LogP contribution in [-0.2, 0) is 4.43 Å². The molecule has 1 aliphatic rings. The maximum absolute atomic E-state index is 6.30. The number of hydrogen-bond donors (Lipinski definition) is 0. The lowest BCUT2D eigenvalue weighted by atomic mass is 10.0. The van der Waals surface area contributed by atoms with Crippen molar-refractivity contribution in [2.24, 2.45) is 0 Å². The Hall–Kier alpha value is -0.343. The second kappa shape index (κ2) is 4.26. The van der Waals surface area contributed by atoms with Crippen LogP contribution in [0.15, 0.2) is 24.3 Å².